The fourth-order valence-corrected chi connectivity index (χ4v) is 5.13. The first-order chi connectivity index (χ1) is 20.3. The molecule has 6 aromatic rings. The Kier molecular flexibility index (Phi) is 8.28. The molecule has 6 rings (SSSR count). The van der Waals surface area contributed by atoms with Gasteiger partial charge in [0.05, 0.1) is 6.42 Å². The lowest BCUT2D eigenvalue weighted by Crippen LogP contribution is -2.38. The standard InChI is InChI=1S/C37H36N4/c1-3-8-32(9-4-1)30-40-26-16-36(17-27-40)34-12-22-38(23-13-34)20-7-21-39-24-14-35(15-25-39)37-18-28-41(29-19-37)31-33-10-5-2-6-11-33/h1-6,8-19,22-29H,7,20-21,30-31H2/q+4. The summed E-state index contributed by atoms with van der Waals surface area (Å²) in [5, 5.41) is 0. The lowest BCUT2D eigenvalue weighted by atomic mass is 10.1. The van der Waals surface area contributed by atoms with Crippen molar-refractivity contribution in [2.75, 3.05) is 0 Å². The van der Waals surface area contributed by atoms with Crippen molar-refractivity contribution in [1.82, 2.24) is 0 Å². The van der Waals surface area contributed by atoms with E-state index in [1.54, 1.807) is 0 Å². The largest absolute Gasteiger partial charge is 0.205 e. The van der Waals surface area contributed by atoms with Gasteiger partial charge in [0.25, 0.3) is 0 Å². The molecule has 0 bridgehead atoms. The summed E-state index contributed by atoms with van der Waals surface area (Å²) in [4.78, 5) is 0. The zero-order chi connectivity index (χ0) is 27.7. The summed E-state index contributed by atoms with van der Waals surface area (Å²) >= 11 is 0. The van der Waals surface area contributed by atoms with Crippen LogP contribution in [0.1, 0.15) is 17.5 Å². The SMILES string of the molecule is c1ccc(C[n+]2ccc(-c3cc[n+](CCC[n+]4ccc(-c5cc[n+](Cc6ccccc6)cc5)cc4)cc3)cc2)cc1. The molecule has 0 fully saturated rings. The van der Waals surface area contributed by atoms with E-state index in [1.807, 2.05) is 0 Å². The molecule has 0 aliphatic rings. The van der Waals surface area contributed by atoms with Crippen molar-refractivity contribution in [1.29, 1.82) is 0 Å². The van der Waals surface area contributed by atoms with Crippen LogP contribution < -0.4 is 18.3 Å². The Labute approximate surface area is 242 Å². The summed E-state index contributed by atoms with van der Waals surface area (Å²) in [5.74, 6) is 0. The normalized spacial score (nSPS) is 10.9. The Morgan fingerprint density at radius 1 is 0.317 bits per heavy atom. The summed E-state index contributed by atoms with van der Waals surface area (Å²) < 4.78 is 8.97. The monoisotopic (exact) mass is 536 g/mol. The molecule has 0 saturated carbocycles. The van der Waals surface area contributed by atoms with E-state index in [-0.39, 0.29) is 0 Å². The Bertz CT molecular complexity index is 1520. The average molecular weight is 537 g/mol. The van der Waals surface area contributed by atoms with Crippen molar-refractivity contribution in [3.63, 3.8) is 0 Å². The number of pyridine rings is 4. The van der Waals surface area contributed by atoms with Crippen LogP contribution in [-0.2, 0) is 26.2 Å². The van der Waals surface area contributed by atoms with E-state index in [0.717, 1.165) is 32.6 Å². The number of nitrogens with zero attached hydrogens (tertiary/aromatic N) is 4. The highest BCUT2D eigenvalue weighted by Gasteiger charge is 2.10. The van der Waals surface area contributed by atoms with Crippen LogP contribution in [0, 0.1) is 0 Å². The Balaban J connectivity index is 0.983. The van der Waals surface area contributed by atoms with E-state index < -0.39 is 0 Å². The number of hydrogen-bond donors (Lipinski definition) is 0. The minimum absolute atomic E-state index is 0.887. The summed E-state index contributed by atoms with van der Waals surface area (Å²) in [6.45, 7) is 3.75. The third kappa shape index (κ3) is 7.17. The summed E-state index contributed by atoms with van der Waals surface area (Å²) in [7, 11) is 0. The Morgan fingerprint density at radius 3 is 0.927 bits per heavy atom. The molecule has 0 aliphatic carbocycles. The van der Waals surface area contributed by atoms with Gasteiger partial charge in [0.1, 0.15) is 0 Å². The maximum Gasteiger partial charge on any atom is 0.173 e. The number of benzene rings is 2. The highest BCUT2D eigenvalue weighted by Crippen LogP contribution is 2.17. The van der Waals surface area contributed by atoms with Crippen LogP contribution in [-0.4, -0.2) is 0 Å². The third-order valence-corrected chi connectivity index (χ3v) is 7.48. The molecule has 0 unspecified atom stereocenters. The molecule has 0 saturated heterocycles. The van der Waals surface area contributed by atoms with Crippen molar-refractivity contribution >= 4 is 0 Å². The van der Waals surface area contributed by atoms with Crippen LogP contribution in [0.15, 0.2) is 159 Å². The number of aryl methyl sites for hydroxylation is 2. The van der Waals surface area contributed by atoms with Gasteiger partial charge in [0, 0.05) is 59.7 Å². The fraction of sp³-hybridized carbons (Fsp3) is 0.135. The van der Waals surface area contributed by atoms with Gasteiger partial charge in [-0.2, -0.15) is 0 Å². The van der Waals surface area contributed by atoms with Gasteiger partial charge in [-0.1, -0.05) is 60.7 Å². The maximum atomic E-state index is 2.27. The van der Waals surface area contributed by atoms with Gasteiger partial charge >= 0.3 is 0 Å². The molecule has 2 aromatic carbocycles. The van der Waals surface area contributed by atoms with Crippen LogP contribution in [0.5, 0.6) is 0 Å². The first-order valence-electron chi connectivity index (χ1n) is 14.3. The van der Waals surface area contributed by atoms with Crippen molar-refractivity contribution < 1.29 is 18.3 Å². The highest BCUT2D eigenvalue weighted by atomic mass is 15.0. The molecule has 0 spiro atoms. The molecule has 4 heterocycles. The Hall–Kier alpha value is -4.96. The van der Waals surface area contributed by atoms with Gasteiger partial charge in [-0.25, -0.2) is 18.3 Å². The second-order valence-electron chi connectivity index (χ2n) is 10.5. The average Bonchev–Trinajstić information content (AvgIpc) is 3.04. The third-order valence-electron chi connectivity index (χ3n) is 7.48. The molecule has 4 nitrogen and oxygen atoms in total. The van der Waals surface area contributed by atoms with Crippen molar-refractivity contribution in [3.05, 3.63) is 170 Å². The minimum Gasteiger partial charge on any atom is -0.205 e. The lowest BCUT2D eigenvalue weighted by molar-refractivity contribution is -0.726. The predicted octanol–water partition coefficient (Wildman–Crippen LogP) is 5.36. The van der Waals surface area contributed by atoms with Gasteiger partial charge in [-0.05, 0) is 22.3 Å². The zero-order valence-electron chi connectivity index (χ0n) is 23.3. The molecule has 200 valence electrons. The molecule has 4 heteroatoms. The van der Waals surface area contributed by atoms with E-state index in [0.29, 0.717) is 0 Å². The van der Waals surface area contributed by atoms with Crippen LogP contribution >= 0.6 is 0 Å². The second-order valence-corrected chi connectivity index (χ2v) is 10.5. The van der Waals surface area contributed by atoms with E-state index in [9.17, 15) is 0 Å². The van der Waals surface area contributed by atoms with Crippen molar-refractivity contribution in [2.45, 2.75) is 32.6 Å². The molecular formula is C37H36N4+4. The van der Waals surface area contributed by atoms with Gasteiger partial charge in [0.15, 0.2) is 75.8 Å². The molecule has 0 N–H and O–H groups in total. The first kappa shape index (κ1) is 26.3. The summed E-state index contributed by atoms with van der Waals surface area (Å²) in [5.41, 5.74) is 7.57. The maximum absolute atomic E-state index is 2.27. The predicted molar refractivity (Wildman–Crippen MR) is 160 cm³/mol. The molecule has 0 radical (unpaired) electrons. The smallest absolute Gasteiger partial charge is 0.173 e. The van der Waals surface area contributed by atoms with Crippen molar-refractivity contribution in [3.8, 4) is 22.3 Å². The summed E-state index contributed by atoms with van der Waals surface area (Å²) in [6, 6.07) is 38.7. The van der Waals surface area contributed by atoms with E-state index in [1.165, 1.54) is 33.4 Å². The number of aromatic nitrogens is 4. The molecule has 0 aliphatic heterocycles. The molecule has 0 atom stereocenters. The van der Waals surface area contributed by atoms with Gasteiger partial charge < -0.3 is 0 Å². The first-order valence-corrected chi connectivity index (χ1v) is 14.3. The molecule has 41 heavy (non-hydrogen) atoms. The molecular weight excluding hydrogens is 500 g/mol. The quantitative estimate of drug-likeness (QED) is 0.210. The van der Waals surface area contributed by atoms with Gasteiger partial charge in [-0.15, -0.1) is 0 Å². The van der Waals surface area contributed by atoms with E-state index in [4.69, 9.17) is 0 Å². The van der Waals surface area contributed by atoms with Crippen LogP contribution in [0.4, 0.5) is 0 Å². The minimum atomic E-state index is 0.887. The Morgan fingerprint density at radius 2 is 0.610 bits per heavy atom. The second kappa shape index (κ2) is 12.9. The number of hydrogen-bond acceptors (Lipinski definition) is 0. The van der Waals surface area contributed by atoms with E-state index >= 15 is 0 Å². The van der Waals surface area contributed by atoms with Crippen LogP contribution in [0.25, 0.3) is 22.3 Å². The van der Waals surface area contributed by atoms with E-state index in [2.05, 4.69) is 177 Å². The lowest BCUT2D eigenvalue weighted by Gasteiger charge is -2.03. The summed E-state index contributed by atoms with van der Waals surface area (Å²) in [6.07, 6.45) is 18.5. The van der Waals surface area contributed by atoms with Crippen LogP contribution in [0.3, 0.4) is 0 Å². The number of rotatable bonds is 10. The topological polar surface area (TPSA) is 15.5 Å². The molecule has 4 aromatic heterocycles. The zero-order valence-corrected chi connectivity index (χ0v) is 23.3. The highest BCUT2D eigenvalue weighted by molar-refractivity contribution is 5.61. The van der Waals surface area contributed by atoms with Crippen LogP contribution in [0.2, 0.25) is 0 Å². The fourth-order valence-electron chi connectivity index (χ4n) is 5.13. The van der Waals surface area contributed by atoms with Gasteiger partial charge in [0.2, 0.25) is 0 Å². The molecule has 0 amide bonds. The van der Waals surface area contributed by atoms with Gasteiger partial charge in [-0.3, -0.25) is 0 Å². The van der Waals surface area contributed by atoms with Crippen molar-refractivity contribution in [2.24, 2.45) is 0 Å².